The van der Waals surface area contributed by atoms with Crippen LogP contribution < -0.4 is 5.43 Å². The average Bonchev–Trinajstić information content (AvgIpc) is 2.22. The van der Waals surface area contributed by atoms with Gasteiger partial charge in [-0.3, -0.25) is 4.79 Å². The fourth-order valence-corrected chi connectivity index (χ4v) is 1.21. The van der Waals surface area contributed by atoms with E-state index in [9.17, 15) is 9.90 Å². The molecule has 0 saturated heterocycles. The Hall–Kier alpha value is -2.23. The number of benzene rings is 1. The van der Waals surface area contributed by atoms with Gasteiger partial charge in [0.1, 0.15) is 5.76 Å². The Morgan fingerprint density at radius 2 is 1.80 bits per heavy atom. The zero-order valence-corrected chi connectivity index (χ0v) is 7.68. The Bertz CT molecular complexity index is 542. The smallest absolute Gasteiger partial charge is 0.185 e. The van der Waals surface area contributed by atoms with Crippen LogP contribution in [0.3, 0.4) is 0 Å². The number of phenols is 2. The lowest BCUT2D eigenvalue weighted by molar-refractivity contribution is 0.403. The molecule has 0 aliphatic carbocycles. The summed E-state index contributed by atoms with van der Waals surface area (Å²) in [5, 5.41) is 18.4. The molecule has 2 aromatic rings. The van der Waals surface area contributed by atoms with Crippen LogP contribution in [0.5, 0.6) is 11.5 Å². The monoisotopic (exact) mass is 204 g/mol. The highest BCUT2D eigenvalue weighted by Crippen LogP contribution is 2.29. The highest BCUT2D eigenvalue weighted by Gasteiger charge is 2.04. The lowest BCUT2D eigenvalue weighted by Gasteiger charge is -2.01. The van der Waals surface area contributed by atoms with Crippen molar-refractivity contribution in [1.82, 2.24) is 0 Å². The molecule has 0 atom stereocenters. The first-order valence-electron chi connectivity index (χ1n) is 4.28. The molecule has 2 N–H and O–H groups in total. The van der Waals surface area contributed by atoms with Crippen LogP contribution in [0.2, 0.25) is 0 Å². The molecule has 0 bridgehead atoms. The zero-order chi connectivity index (χ0) is 10.8. The van der Waals surface area contributed by atoms with Gasteiger partial charge in [-0.2, -0.15) is 0 Å². The molecule has 1 heterocycles. The van der Waals surface area contributed by atoms with Gasteiger partial charge in [0.15, 0.2) is 16.9 Å². The first-order chi connectivity index (χ1) is 7.16. The van der Waals surface area contributed by atoms with Crippen molar-refractivity contribution in [1.29, 1.82) is 0 Å². The second kappa shape index (κ2) is 3.49. The quantitative estimate of drug-likeness (QED) is 0.694. The van der Waals surface area contributed by atoms with E-state index in [1.165, 1.54) is 30.5 Å². The van der Waals surface area contributed by atoms with Crippen LogP contribution in [0.25, 0.3) is 11.3 Å². The molecule has 0 fully saturated rings. The summed E-state index contributed by atoms with van der Waals surface area (Å²) >= 11 is 0. The predicted octanol–water partition coefficient (Wildman–Crippen LogP) is 1.72. The molecule has 0 unspecified atom stereocenters. The topological polar surface area (TPSA) is 70.7 Å². The number of rotatable bonds is 1. The third-order valence-corrected chi connectivity index (χ3v) is 1.96. The first kappa shape index (κ1) is 9.33. The van der Waals surface area contributed by atoms with Gasteiger partial charge in [0.2, 0.25) is 0 Å². The standard InChI is InChI=1S/C11H8O4/c12-8-3-4-15-11(6-8)7-1-2-9(13)10(14)5-7/h1-6,13-14H. The third kappa shape index (κ3) is 1.83. The van der Waals surface area contributed by atoms with Crippen molar-refractivity contribution in [3.8, 4) is 22.8 Å². The number of hydrogen-bond donors (Lipinski definition) is 2. The Balaban J connectivity index is 2.55. The van der Waals surface area contributed by atoms with Crippen LogP contribution in [-0.2, 0) is 0 Å². The molecule has 0 radical (unpaired) electrons. The average molecular weight is 204 g/mol. The van der Waals surface area contributed by atoms with Gasteiger partial charge in [-0.25, -0.2) is 0 Å². The van der Waals surface area contributed by atoms with Gasteiger partial charge in [0.05, 0.1) is 6.26 Å². The molecular weight excluding hydrogens is 196 g/mol. The molecule has 1 aromatic heterocycles. The highest BCUT2D eigenvalue weighted by atomic mass is 16.3. The lowest BCUT2D eigenvalue weighted by Crippen LogP contribution is -1.94. The van der Waals surface area contributed by atoms with Crippen molar-refractivity contribution in [3.05, 3.63) is 46.8 Å². The molecule has 0 aliphatic rings. The molecule has 0 saturated carbocycles. The van der Waals surface area contributed by atoms with Gasteiger partial charge < -0.3 is 14.6 Å². The molecule has 4 heteroatoms. The van der Waals surface area contributed by atoms with E-state index in [1.807, 2.05) is 0 Å². The van der Waals surface area contributed by atoms with Crippen LogP contribution in [0, 0.1) is 0 Å². The van der Waals surface area contributed by atoms with E-state index < -0.39 is 0 Å². The van der Waals surface area contributed by atoms with Gasteiger partial charge in [-0.1, -0.05) is 0 Å². The summed E-state index contributed by atoms with van der Waals surface area (Å²) in [5.74, 6) is -0.117. The minimum absolute atomic E-state index is 0.177. The van der Waals surface area contributed by atoms with E-state index in [-0.39, 0.29) is 16.9 Å². The van der Waals surface area contributed by atoms with Crippen molar-refractivity contribution in [2.75, 3.05) is 0 Å². The van der Waals surface area contributed by atoms with E-state index in [0.29, 0.717) is 11.3 Å². The number of aromatic hydroxyl groups is 2. The van der Waals surface area contributed by atoms with Gasteiger partial charge in [0, 0.05) is 17.7 Å². The van der Waals surface area contributed by atoms with Crippen molar-refractivity contribution in [2.24, 2.45) is 0 Å². The predicted molar refractivity (Wildman–Crippen MR) is 53.7 cm³/mol. The summed E-state index contributed by atoms with van der Waals surface area (Å²) in [6.07, 6.45) is 1.28. The molecular formula is C11H8O4. The minimum Gasteiger partial charge on any atom is -0.504 e. The molecule has 76 valence electrons. The van der Waals surface area contributed by atoms with E-state index >= 15 is 0 Å². The van der Waals surface area contributed by atoms with Crippen LogP contribution in [0.4, 0.5) is 0 Å². The summed E-state index contributed by atoms with van der Waals surface area (Å²) in [6, 6.07) is 6.81. The largest absolute Gasteiger partial charge is 0.504 e. The lowest BCUT2D eigenvalue weighted by atomic mass is 10.1. The Morgan fingerprint density at radius 3 is 2.47 bits per heavy atom. The van der Waals surface area contributed by atoms with Gasteiger partial charge in [-0.05, 0) is 18.2 Å². The van der Waals surface area contributed by atoms with Crippen LogP contribution in [-0.4, -0.2) is 10.2 Å². The highest BCUT2D eigenvalue weighted by molar-refractivity contribution is 5.61. The van der Waals surface area contributed by atoms with E-state index in [4.69, 9.17) is 9.52 Å². The van der Waals surface area contributed by atoms with E-state index in [1.54, 1.807) is 6.07 Å². The zero-order valence-electron chi connectivity index (χ0n) is 7.68. The van der Waals surface area contributed by atoms with Crippen LogP contribution in [0.15, 0.2) is 45.8 Å². The maximum atomic E-state index is 11.0. The van der Waals surface area contributed by atoms with Crippen LogP contribution in [0.1, 0.15) is 0 Å². The number of hydrogen-bond acceptors (Lipinski definition) is 4. The Labute approximate surface area is 85.0 Å². The van der Waals surface area contributed by atoms with Crippen molar-refractivity contribution in [2.45, 2.75) is 0 Å². The van der Waals surface area contributed by atoms with Crippen molar-refractivity contribution in [3.63, 3.8) is 0 Å². The molecule has 0 amide bonds. The van der Waals surface area contributed by atoms with Crippen molar-refractivity contribution < 1.29 is 14.6 Å². The molecule has 2 rings (SSSR count). The maximum absolute atomic E-state index is 11.0. The molecule has 15 heavy (non-hydrogen) atoms. The molecule has 0 spiro atoms. The van der Waals surface area contributed by atoms with Gasteiger partial charge >= 0.3 is 0 Å². The second-order valence-electron chi connectivity index (χ2n) is 3.04. The first-order valence-corrected chi connectivity index (χ1v) is 4.28. The summed E-state index contributed by atoms with van der Waals surface area (Å²) < 4.78 is 5.10. The second-order valence-corrected chi connectivity index (χ2v) is 3.04. The fourth-order valence-electron chi connectivity index (χ4n) is 1.21. The van der Waals surface area contributed by atoms with Crippen LogP contribution >= 0.6 is 0 Å². The SMILES string of the molecule is O=c1ccoc(-c2ccc(O)c(O)c2)c1. The summed E-state index contributed by atoms with van der Waals surface area (Å²) in [4.78, 5) is 11.0. The molecule has 1 aromatic carbocycles. The molecule has 4 nitrogen and oxygen atoms in total. The Morgan fingerprint density at radius 1 is 1.00 bits per heavy atom. The van der Waals surface area contributed by atoms with Crippen molar-refractivity contribution >= 4 is 0 Å². The normalized spacial score (nSPS) is 10.1. The summed E-state index contributed by atoms with van der Waals surface area (Å²) in [7, 11) is 0. The molecule has 0 aliphatic heterocycles. The van der Waals surface area contributed by atoms with E-state index in [0.717, 1.165) is 0 Å². The number of phenolic OH excluding ortho intramolecular Hbond substituents is 2. The summed E-state index contributed by atoms with van der Waals surface area (Å²) in [6.45, 7) is 0. The summed E-state index contributed by atoms with van der Waals surface area (Å²) in [5.41, 5.74) is 0.354. The van der Waals surface area contributed by atoms with E-state index in [2.05, 4.69) is 0 Å². The minimum atomic E-state index is -0.251. The maximum Gasteiger partial charge on any atom is 0.185 e. The fraction of sp³-hybridized carbons (Fsp3) is 0. The Kier molecular flexibility index (Phi) is 2.17. The third-order valence-electron chi connectivity index (χ3n) is 1.96. The van der Waals surface area contributed by atoms with Gasteiger partial charge in [-0.15, -0.1) is 0 Å². The van der Waals surface area contributed by atoms with Gasteiger partial charge in [0.25, 0.3) is 0 Å².